The summed E-state index contributed by atoms with van der Waals surface area (Å²) in [5.41, 5.74) is 3.91. The number of carbonyl (C=O) groups excluding carboxylic acids is 2. The first kappa shape index (κ1) is 20.8. The zero-order valence-corrected chi connectivity index (χ0v) is 17.5. The number of quaternary nitrogens is 1. The van der Waals surface area contributed by atoms with Crippen LogP contribution in [0, 0.1) is 0 Å². The van der Waals surface area contributed by atoms with Crippen molar-refractivity contribution >= 4 is 34.5 Å². The summed E-state index contributed by atoms with van der Waals surface area (Å²) >= 11 is 1.70. The van der Waals surface area contributed by atoms with Gasteiger partial charge in [-0.25, -0.2) is 0 Å². The van der Waals surface area contributed by atoms with Crippen LogP contribution in [-0.2, 0) is 16.0 Å². The van der Waals surface area contributed by atoms with Crippen LogP contribution in [0.1, 0.15) is 35.9 Å². The van der Waals surface area contributed by atoms with E-state index in [2.05, 4.69) is 58.6 Å². The van der Waals surface area contributed by atoms with Crippen LogP contribution in [-0.4, -0.2) is 18.4 Å². The molecule has 5 nitrogen and oxygen atoms in total. The highest BCUT2D eigenvalue weighted by Gasteiger charge is 2.20. The summed E-state index contributed by atoms with van der Waals surface area (Å²) in [5.74, 6) is -0.188. The Morgan fingerprint density at radius 2 is 1.62 bits per heavy atom. The van der Waals surface area contributed by atoms with Gasteiger partial charge in [-0.3, -0.25) is 9.59 Å². The lowest BCUT2D eigenvalue weighted by atomic mass is 10.0. The van der Waals surface area contributed by atoms with Crippen LogP contribution in [0.4, 0.5) is 11.4 Å². The summed E-state index contributed by atoms with van der Waals surface area (Å²) < 4.78 is 0. The van der Waals surface area contributed by atoms with E-state index in [4.69, 9.17) is 0 Å². The van der Waals surface area contributed by atoms with E-state index in [1.165, 1.54) is 22.9 Å². The van der Waals surface area contributed by atoms with Gasteiger partial charge < -0.3 is 16.0 Å². The monoisotopic (exact) mass is 408 g/mol. The molecule has 29 heavy (non-hydrogen) atoms. The Balaban J connectivity index is 1.63. The predicted octanol–water partition coefficient (Wildman–Crippen LogP) is 3.56. The smallest absolute Gasteiger partial charge is 0.279 e. The fourth-order valence-corrected chi connectivity index (χ4v) is 3.97. The fourth-order valence-electron chi connectivity index (χ4n) is 3.12. The van der Waals surface area contributed by atoms with Crippen molar-refractivity contribution in [1.82, 2.24) is 0 Å². The largest absolute Gasteiger partial charge is 0.328 e. The van der Waals surface area contributed by atoms with Crippen LogP contribution < -0.4 is 16.0 Å². The van der Waals surface area contributed by atoms with Gasteiger partial charge in [0, 0.05) is 23.9 Å². The van der Waals surface area contributed by atoms with Gasteiger partial charge in [-0.15, -0.1) is 11.3 Å². The second-order valence-electron chi connectivity index (χ2n) is 6.83. The molecule has 0 fully saturated rings. The molecule has 0 aliphatic heterocycles. The molecule has 0 spiro atoms. The molecule has 3 rings (SSSR count). The van der Waals surface area contributed by atoms with Gasteiger partial charge >= 0.3 is 0 Å². The summed E-state index contributed by atoms with van der Waals surface area (Å²) in [5, 5.41) is 9.75. The molecule has 0 bridgehead atoms. The van der Waals surface area contributed by atoms with Crippen LogP contribution >= 0.6 is 11.3 Å². The van der Waals surface area contributed by atoms with E-state index in [1.54, 1.807) is 35.6 Å². The zero-order valence-electron chi connectivity index (χ0n) is 16.6. The van der Waals surface area contributed by atoms with E-state index in [0.29, 0.717) is 17.9 Å². The first-order chi connectivity index (χ1) is 14.0. The highest BCUT2D eigenvalue weighted by molar-refractivity contribution is 7.10. The minimum absolute atomic E-state index is 0.0657. The molecule has 6 heteroatoms. The normalized spacial score (nSPS) is 11.7. The number of anilines is 2. The van der Waals surface area contributed by atoms with Crippen LogP contribution in [0.3, 0.4) is 0 Å². The van der Waals surface area contributed by atoms with E-state index in [9.17, 15) is 9.59 Å². The molecule has 1 heterocycles. The fraction of sp³-hybridized carbons (Fsp3) is 0.217. The summed E-state index contributed by atoms with van der Waals surface area (Å²) in [6.07, 6.45) is 1.01. The Kier molecular flexibility index (Phi) is 7.16. The summed E-state index contributed by atoms with van der Waals surface area (Å²) in [6.45, 7) is 3.92. The number of benzene rings is 2. The average molecular weight is 409 g/mol. The van der Waals surface area contributed by atoms with E-state index >= 15 is 0 Å². The number of rotatable bonds is 8. The third-order valence-electron chi connectivity index (χ3n) is 4.62. The Morgan fingerprint density at radius 3 is 2.17 bits per heavy atom. The number of carbonyl (C=O) groups is 2. The molecular weight excluding hydrogens is 382 g/mol. The van der Waals surface area contributed by atoms with Gasteiger partial charge in [-0.2, -0.15) is 0 Å². The van der Waals surface area contributed by atoms with Crippen molar-refractivity contribution in [2.45, 2.75) is 26.3 Å². The van der Waals surface area contributed by atoms with Gasteiger partial charge in [0.05, 0.1) is 4.88 Å². The first-order valence-corrected chi connectivity index (χ1v) is 10.6. The van der Waals surface area contributed by atoms with Gasteiger partial charge in [0.15, 0.2) is 6.54 Å². The van der Waals surface area contributed by atoms with Crippen molar-refractivity contribution in [3.8, 4) is 0 Å². The average Bonchev–Trinajstić information content (AvgIpc) is 3.24. The second kappa shape index (κ2) is 10.0. The number of hydrogen-bond acceptors (Lipinski definition) is 3. The molecule has 150 valence electrons. The SMILES string of the molecule is CCc1ccc([C@H]([NH2+]CC(=O)Nc2ccc(NC(C)=O)cc2)c2cccs2)cc1. The van der Waals surface area contributed by atoms with Gasteiger partial charge in [0.1, 0.15) is 6.04 Å². The number of amides is 2. The number of hydrogen-bond donors (Lipinski definition) is 3. The molecule has 0 saturated carbocycles. The molecule has 0 unspecified atom stereocenters. The minimum atomic E-state index is -0.122. The molecule has 1 aromatic heterocycles. The topological polar surface area (TPSA) is 74.8 Å². The Bertz CT molecular complexity index is 935. The zero-order chi connectivity index (χ0) is 20.6. The Labute approximate surface area is 175 Å². The molecule has 0 aliphatic carbocycles. The van der Waals surface area contributed by atoms with Gasteiger partial charge in [-0.1, -0.05) is 37.3 Å². The molecular formula is C23H26N3O2S+. The molecule has 0 aliphatic rings. The minimum Gasteiger partial charge on any atom is -0.328 e. The molecule has 3 aromatic rings. The number of thiophene rings is 1. The highest BCUT2D eigenvalue weighted by Crippen LogP contribution is 2.23. The molecule has 4 N–H and O–H groups in total. The van der Waals surface area contributed by atoms with E-state index in [1.807, 2.05) is 6.07 Å². The van der Waals surface area contributed by atoms with Gasteiger partial charge in [0.25, 0.3) is 5.91 Å². The number of aryl methyl sites for hydroxylation is 1. The summed E-state index contributed by atoms with van der Waals surface area (Å²) in [6, 6.07) is 19.9. The maximum Gasteiger partial charge on any atom is 0.279 e. The van der Waals surface area contributed by atoms with Gasteiger partial charge in [-0.05, 0) is 47.7 Å². The molecule has 0 radical (unpaired) electrons. The van der Waals surface area contributed by atoms with Crippen molar-refractivity contribution in [2.24, 2.45) is 0 Å². The van der Waals surface area contributed by atoms with E-state index in [-0.39, 0.29) is 17.9 Å². The maximum atomic E-state index is 12.5. The van der Waals surface area contributed by atoms with Crippen LogP contribution in [0.25, 0.3) is 0 Å². The van der Waals surface area contributed by atoms with Crippen molar-refractivity contribution in [3.63, 3.8) is 0 Å². The lowest BCUT2D eigenvalue weighted by molar-refractivity contribution is -0.675. The predicted molar refractivity (Wildman–Crippen MR) is 118 cm³/mol. The lowest BCUT2D eigenvalue weighted by Crippen LogP contribution is -2.87. The highest BCUT2D eigenvalue weighted by atomic mass is 32.1. The standard InChI is InChI=1S/C23H25N3O2S/c1-3-17-6-8-18(9-7-17)23(21-5-4-14-29-21)24-15-22(28)26-20-12-10-19(11-13-20)25-16(2)27/h4-14,23-24H,3,15H2,1-2H3,(H,25,27)(H,26,28)/p+1/t23-/m0/s1. The Morgan fingerprint density at radius 1 is 0.966 bits per heavy atom. The third-order valence-corrected chi connectivity index (χ3v) is 5.58. The molecule has 1 atom stereocenters. The van der Waals surface area contributed by atoms with Crippen molar-refractivity contribution in [1.29, 1.82) is 0 Å². The van der Waals surface area contributed by atoms with Crippen molar-refractivity contribution in [3.05, 3.63) is 82.0 Å². The quantitative estimate of drug-likeness (QED) is 0.533. The van der Waals surface area contributed by atoms with E-state index < -0.39 is 0 Å². The van der Waals surface area contributed by atoms with Crippen molar-refractivity contribution in [2.75, 3.05) is 17.2 Å². The Hall–Kier alpha value is -2.96. The van der Waals surface area contributed by atoms with Gasteiger partial charge in [0.2, 0.25) is 5.91 Å². The number of nitrogens with one attached hydrogen (secondary N) is 2. The molecule has 0 saturated heterocycles. The maximum absolute atomic E-state index is 12.5. The third kappa shape index (κ3) is 6.01. The summed E-state index contributed by atoms with van der Waals surface area (Å²) in [4.78, 5) is 24.8. The van der Waals surface area contributed by atoms with Crippen LogP contribution in [0.5, 0.6) is 0 Å². The van der Waals surface area contributed by atoms with Crippen LogP contribution in [0.2, 0.25) is 0 Å². The first-order valence-electron chi connectivity index (χ1n) is 9.68. The lowest BCUT2D eigenvalue weighted by Gasteiger charge is -2.15. The molecule has 2 aromatic carbocycles. The molecule has 2 amide bonds. The second-order valence-corrected chi connectivity index (χ2v) is 7.81. The van der Waals surface area contributed by atoms with Crippen molar-refractivity contribution < 1.29 is 14.9 Å². The van der Waals surface area contributed by atoms with Crippen LogP contribution in [0.15, 0.2) is 66.0 Å². The van der Waals surface area contributed by atoms with E-state index in [0.717, 1.165) is 6.42 Å². The number of nitrogens with two attached hydrogens (primary N) is 1. The summed E-state index contributed by atoms with van der Waals surface area (Å²) in [7, 11) is 0.